The van der Waals surface area contributed by atoms with E-state index in [-0.39, 0.29) is 5.82 Å². The largest absolute Gasteiger partial charge is 0.354 e. The van der Waals surface area contributed by atoms with Crippen LogP contribution in [0.5, 0.6) is 0 Å². The zero-order chi connectivity index (χ0) is 13.1. The molecule has 104 valence electrons. The summed E-state index contributed by atoms with van der Waals surface area (Å²) in [5, 5.41) is 3.37. The predicted octanol–water partition coefficient (Wildman–Crippen LogP) is 2.85. The van der Waals surface area contributed by atoms with Crippen molar-refractivity contribution in [3.8, 4) is 0 Å². The number of nitrogens with zero attached hydrogens (tertiary/aromatic N) is 2. The van der Waals surface area contributed by atoms with Crippen LogP contribution in [-0.2, 0) is 6.54 Å². The van der Waals surface area contributed by atoms with Crippen molar-refractivity contribution in [3.63, 3.8) is 0 Å². The van der Waals surface area contributed by atoms with Gasteiger partial charge in [-0.15, -0.1) is 0 Å². The van der Waals surface area contributed by atoms with Crippen LogP contribution in [0.3, 0.4) is 0 Å². The van der Waals surface area contributed by atoms with Crippen LogP contribution in [0.15, 0.2) is 12.3 Å². The first kappa shape index (κ1) is 12.9. The Labute approximate surface area is 114 Å². The molecular weight excluding hydrogens is 241 g/mol. The lowest BCUT2D eigenvalue weighted by Crippen LogP contribution is -2.27. The molecule has 0 spiro atoms. The van der Waals surface area contributed by atoms with Crippen molar-refractivity contribution in [1.82, 2.24) is 10.3 Å². The minimum absolute atomic E-state index is 0.127. The highest BCUT2D eigenvalue weighted by atomic mass is 19.1. The first-order valence-corrected chi connectivity index (χ1v) is 7.46. The van der Waals surface area contributed by atoms with Crippen molar-refractivity contribution in [2.24, 2.45) is 0 Å². The first-order chi connectivity index (χ1) is 9.34. The van der Waals surface area contributed by atoms with Gasteiger partial charge in [0.05, 0.1) is 0 Å². The van der Waals surface area contributed by atoms with E-state index in [1.807, 2.05) is 0 Å². The summed E-state index contributed by atoms with van der Waals surface area (Å²) in [7, 11) is 0. The fourth-order valence-corrected chi connectivity index (χ4v) is 2.65. The highest BCUT2D eigenvalue weighted by Crippen LogP contribution is 2.24. The Bertz CT molecular complexity index is 423. The lowest BCUT2D eigenvalue weighted by molar-refractivity contribution is 0.573. The van der Waals surface area contributed by atoms with Crippen LogP contribution in [0.1, 0.15) is 44.1 Å². The van der Waals surface area contributed by atoms with Crippen LogP contribution in [-0.4, -0.2) is 24.1 Å². The average molecular weight is 263 g/mol. The molecule has 1 aliphatic carbocycles. The molecule has 2 aliphatic rings. The highest BCUT2D eigenvalue weighted by Gasteiger charge is 2.22. The molecule has 1 saturated carbocycles. The molecule has 3 nitrogen and oxygen atoms in total. The molecule has 2 fully saturated rings. The Balaban J connectivity index is 1.73. The van der Waals surface area contributed by atoms with Gasteiger partial charge in [-0.25, -0.2) is 9.37 Å². The summed E-state index contributed by atoms with van der Waals surface area (Å²) >= 11 is 0. The van der Waals surface area contributed by atoms with Crippen LogP contribution in [0.2, 0.25) is 0 Å². The number of pyridine rings is 1. The third kappa shape index (κ3) is 3.24. The zero-order valence-electron chi connectivity index (χ0n) is 11.4. The van der Waals surface area contributed by atoms with Gasteiger partial charge < -0.3 is 10.2 Å². The molecule has 1 aliphatic heterocycles. The van der Waals surface area contributed by atoms with Gasteiger partial charge in [0.15, 0.2) is 11.6 Å². The topological polar surface area (TPSA) is 28.2 Å². The van der Waals surface area contributed by atoms with Gasteiger partial charge in [-0.1, -0.05) is 12.8 Å². The lowest BCUT2D eigenvalue weighted by atomic mass is 10.2. The van der Waals surface area contributed by atoms with Crippen molar-refractivity contribution in [3.05, 3.63) is 23.6 Å². The van der Waals surface area contributed by atoms with Gasteiger partial charge >= 0.3 is 0 Å². The van der Waals surface area contributed by atoms with E-state index in [0.717, 1.165) is 31.5 Å². The Hall–Kier alpha value is -1.16. The van der Waals surface area contributed by atoms with E-state index in [1.54, 1.807) is 12.3 Å². The van der Waals surface area contributed by atoms with Crippen molar-refractivity contribution in [2.75, 3.05) is 18.0 Å². The maximum absolute atomic E-state index is 14.5. The standard InChI is InChI=1S/C15H22FN3/c16-14-12(11-18-13-5-6-13)7-8-17-15(14)19-9-3-1-2-4-10-19/h7-8,13,18H,1-6,9-11H2. The Morgan fingerprint density at radius 1 is 1.21 bits per heavy atom. The number of anilines is 1. The fraction of sp³-hybridized carbons (Fsp3) is 0.667. The maximum atomic E-state index is 14.5. The third-order valence-electron chi connectivity index (χ3n) is 4.01. The van der Waals surface area contributed by atoms with Crippen LogP contribution < -0.4 is 10.2 Å². The molecule has 0 radical (unpaired) electrons. The van der Waals surface area contributed by atoms with Crippen molar-refractivity contribution in [2.45, 2.75) is 51.1 Å². The number of aromatic nitrogens is 1. The minimum Gasteiger partial charge on any atom is -0.354 e. The second-order valence-electron chi connectivity index (χ2n) is 5.66. The summed E-state index contributed by atoms with van der Waals surface area (Å²) in [4.78, 5) is 6.38. The Morgan fingerprint density at radius 3 is 2.63 bits per heavy atom. The SMILES string of the molecule is Fc1c(CNC2CC2)ccnc1N1CCCCCC1. The summed E-state index contributed by atoms with van der Waals surface area (Å²) in [6, 6.07) is 2.40. The zero-order valence-corrected chi connectivity index (χ0v) is 11.4. The van der Waals surface area contributed by atoms with E-state index in [2.05, 4.69) is 15.2 Å². The van der Waals surface area contributed by atoms with Crippen LogP contribution in [0.4, 0.5) is 10.2 Å². The molecule has 4 heteroatoms. The van der Waals surface area contributed by atoms with Crippen molar-refractivity contribution in [1.29, 1.82) is 0 Å². The number of halogens is 1. The Morgan fingerprint density at radius 2 is 1.95 bits per heavy atom. The molecule has 1 aromatic heterocycles. The van der Waals surface area contributed by atoms with E-state index in [9.17, 15) is 4.39 Å². The van der Waals surface area contributed by atoms with Gasteiger partial charge in [0.25, 0.3) is 0 Å². The molecule has 0 bridgehead atoms. The fourth-order valence-electron chi connectivity index (χ4n) is 2.65. The van der Waals surface area contributed by atoms with E-state index >= 15 is 0 Å². The molecule has 1 N–H and O–H groups in total. The number of rotatable bonds is 4. The van der Waals surface area contributed by atoms with Gasteiger partial charge in [0.2, 0.25) is 0 Å². The highest BCUT2D eigenvalue weighted by molar-refractivity contribution is 5.43. The number of hydrogen-bond donors (Lipinski definition) is 1. The quantitative estimate of drug-likeness (QED) is 0.905. The van der Waals surface area contributed by atoms with Crippen LogP contribution in [0, 0.1) is 5.82 Å². The molecule has 0 atom stereocenters. The summed E-state index contributed by atoms with van der Waals surface area (Å²) < 4.78 is 14.5. The predicted molar refractivity (Wildman–Crippen MR) is 74.7 cm³/mol. The van der Waals surface area contributed by atoms with E-state index in [0.29, 0.717) is 18.4 Å². The maximum Gasteiger partial charge on any atom is 0.170 e. The molecule has 0 aromatic carbocycles. The molecule has 19 heavy (non-hydrogen) atoms. The van der Waals surface area contributed by atoms with Gasteiger partial charge in [0.1, 0.15) is 0 Å². The Kier molecular flexibility index (Phi) is 3.97. The number of nitrogens with one attached hydrogen (secondary N) is 1. The third-order valence-corrected chi connectivity index (χ3v) is 4.01. The first-order valence-electron chi connectivity index (χ1n) is 7.46. The van der Waals surface area contributed by atoms with Gasteiger partial charge in [-0.3, -0.25) is 0 Å². The summed E-state index contributed by atoms with van der Waals surface area (Å²) in [6.07, 6.45) is 8.99. The monoisotopic (exact) mass is 263 g/mol. The van der Waals surface area contributed by atoms with E-state index in [4.69, 9.17) is 0 Å². The van der Waals surface area contributed by atoms with Gasteiger partial charge in [-0.05, 0) is 31.7 Å². The van der Waals surface area contributed by atoms with Gasteiger partial charge in [-0.2, -0.15) is 0 Å². The normalized spacial score (nSPS) is 20.4. The van der Waals surface area contributed by atoms with E-state index < -0.39 is 0 Å². The van der Waals surface area contributed by atoms with Gasteiger partial charge in [0, 0.05) is 37.4 Å². The summed E-state index contributed by atoms with van der Waals surface area (Å²) in [5.41, 5.74) is 0.751. The van der Waals surface area contributed by atoms with Crippen LogP contribution in [0.25, 0.3) is 0 Å². The van der Waals surface area contributed by atoms with E-state index in [1.165, 1.54) is 25.7 Å². The van der Waals surface area contributed by atoms with Crippen LogP contribution >= 0.6 is 0 Å². The molecule has 3 rings (SSSR count). The molecule has 1 aromatic rings. The molecule has 0 unspecified atom stereocenters. The number of hydrogen-bond acceptors (Lipinski definition) is 3. The molecular formula is C15H22FN3. The smallest absolute Gasteiger partial charge is 0.170 e. The van der Waals surface area contributed by atoms with Crippen molar-refractivity contribution < 1.29 is 4.39 Å². The second kappa shape index (κ2) is 5.87. The summed E-state index contributed by atoms with van der Waals surface area (Å²) in [6.45, 7) is 2.49. The lowest BCUT2D eigenvalue weighted by Gasteiger charge is -2.22. The summed E-state index contributed by atoms with van der Waals surface area (Å²) in [5.74, 6) is 0.426. The minimum atomic E-state index is -0.127. The molecule has 2 heterocycles. The average Bonchev–Trinajstić information content (AvgIpc) is 3.25. The molecule has 1 saturated heterocycles. The molecule has 0 amide bonds. The van der Waals surface area contributed by atoms with Crippen molar-refractivity contribution >= 4 is 5.82 Å². The second-order valence-corrected chi connectivity index (χ2v) is 5.66.